The van der Waals surface area contributed by atoms with E-state index >= 15 is 0 Å². The minimum absolute atomic E-state index is 0.0629. The number of benzene rings is 1. The highest BCUT2D eigenvalue weighted by atomic mass is 16.4. The minimum Gasteiger partial charge on any atom is -0.480 e. The van der Waals surface area contributed by atoms with Crippen molar-refractivity contribution >= 4 is 34.6 Å². The van der Waals surface area contributed by atoms with E-state index in [1.807, 2.05) is 24.3 Å². The fourth-order valence-corrected chi connectivity index (χ4v) is 4.27. The van der Waals surface area contributed by atoms with E-state index < -0.39 is 54.0 Å². The zero-order chi connectivity index (χ0) is 29.7. The molecule has 0 aliphatic rings. The van der Waals surface area contributed by atoms with Crippen LogP contribution in [0.15, 0.2) is 30.5 Å². The average molecular weight is 562 g/mol. The van der Waals surface area contributed by atoms with Crippen LogP contribution in [-0.4, -0.2) is 82.2 Å². The van der Waals surface area contributed by atoms with E-state index in [1.165, 1.54) is 6.92 Å². The number of carbonyl (C=O) groups is 4. The summed E-state index contributed by atoms with van der Waals surface area (Å²) in [5, 5.41) is 28.0. The number of aliphatic hydroxyl groups is 1. The fraction of sp³-hybridized carbons (Fsp3) is 0.556. The molecule has 12 N–H and O–H groups in total. The first kappa shape index (κ1) is 32.7. The topological polar surface area (TPSA) is 239 Å². The van der Waals surface area contributed by atoms with Crippen LogP contribution in [0.1, 0.15) is 51.0 Å². The van der Waals surface area contributed by atoms with Crippen molar-refractivity contribution in [3.05, 3.63) is 36.0 Å². The molecular weight excluding hydrogens is 518 g/mol. The first-order valence-electron chi connectivity index (χ1n) is 13.6. The number of aromatic nitrogens is 1. The lowest BCUT2D eigenvalue weighted by Crippen LogP contribution is -2.58. The van der Waals surface area contributed by atoms with E-state index in [0.29, 0.717) is 38.8 Å². The highest BCUT2D eigenvalue weighted by Crippen LogP contribution is 2.19. The van der Waals surface area contributed by atoms with Crippen LogP contribution in [0.3, 0.4) is 0 Å². The number of aromatic amines is 1. The summed E-state index contributed by atoms with van der Waals surface area (Å²) >= 11 is 0. The molecule has 40 heavy (non-hydrogen) atoms. The number of amides is 3. The summed E-state index contributed by atoms with van der Waals surface area (Å²) in [4.78, 5) is 54.3. The molecule has 0 radical (unpaired) electrons. The molecular formula is C27H43N7O6. The number of carboxylic acid groups (broad SMARTS) is 1. The van der Waals surface area contributed by atoms with Crippen LogP contribution in [0.4, 0.5) is 0 Å². The highest BCUT2D eigenvalue weighted by molar-refractivity contribution is 5.95. The van der Waals surface area contributed by atoms with Gasteiger partial charge in [-0.1, -0.05) is 18.2 Å². The van der Waals surface area contributed by atoms with E-state index in [1.54, 1.807) is 6.20 Å². The Morgan fingerprint density at radius 3 is 2.00 bits per heavy atom. The summed E-state index contributed by atoms with van der Waals surface area (Å²) in [6.07, 6.45) is 3.29. The summed E-state index contributed by atoms with van der Waals surface area (Å²) < 4.78 is 0. The SMILES string of the molecule is CC(O)C(N)C(=O)NC(CCCCN)C(=O)NC(Cc1c[nH]c2ccccc12)C(=O)NC(CCCCN)C(=O)O. The van der Waals surface area contributed by atoms with Gasteiger partial charge in [-0.25, -0.2) is 4.79 Å². The summed E-state index contributed by atoms with van der Waals surface area (Å²) in [5.41, 5.74) is 18.4. The molecule has 0 fully saturated rings. The first-order chi connectivity index (χ1) is 19.1. The number of rotatable bonds is 18. The van der Waals surface area contributed by atoms with E-state index in [0.717, 1.165) is 16.5 Å². The summed E-state index contributed by atoms with van der Waals surface area (Å²) in [6.45, 7) is 2.15. The number of H-pyrrole nitrogens is 1. The number of fused-ring (bicyclic) bond motifs is 1. The Morgan fingerprint density at radius 2 is 1.40 bits per heavy atom. The summed E-state index contributed by atoms with van der Waals surface area (Å²) in [7, 11) is 0. The third-order valence-electron chi connectivity index (χ3n) is 6.70. The third-order valence-corrected chi connectivity index (χ3v) is 6.70. The number of para-hydroxylation sites is 1. The second-order valence-corrected chi connectivity index (χ2v) is 9.92. The van der Waals surface area contributed by atoms with Crippen LogP contribution in [0, 0.1) is 0 Å². The standard InChI is InChI=1S/C27H43N7O6/c1-16(35)23(30)26(38)32-20(10-4-6-12-28)24(36)34-22(14-17-15-31-19-9-3-2-8-18(17)19)25(37)33-21(27(39)40)11-5-7-13-29/h2-3,8-9,15-16,20-23,31,35H,4-7,10-14,28-30H2,1H3,(H,32,38)(H,33,37)(H,34,36)(H,39,40). The van der Waals surface area contributed by atoms with Gasteiger partial charge in [0, 0.05) is 23.5 Å². The molecule has 13 heteroatoms. The summed E-state index contributed by atoms with van der Waals surface area (Å²) in [6, 6.07) is 2.84. The quantitative estimate of drug-likeness (QED) is 0.104. The van der Waals surface area contributed by atoms with Crippen molar-refractivity contribution in [2.45, 2.75) is 82.1 Å². The van der Waals surface area contributed by atoms with Gasteiger partial charge in [-0.05, 0) is 70.2 Å². The smallest absolute Gasteiger partial charge is 0.326 e. The van der Waals surface area contributed by atoms with E-state index in [-0.39, 0.29) is 19.3 Å². The van der Waals surface area contributed by atoms with Gasteiger partial charge in [0.2, 0.25) is 17.7 Å². The van der Waals surface area contributed by atoms with Gasteiger partial charge in [-0.2, -0.15) is 0 Å². The van der Waals surface area contributed by atoms with Crippen LogP contribution in [0.2, 0.25) is 0 Å². The Labute approximate surface area is 233 Å². The number of nitrogens with two attached hydrogens (primary N) is 3. The molecule has 0 bridgehead atoms. The number of aliphatic hydroxyl groups excluding tert-OH is 1. The normalized spacial score (nSPS) is 15.0. The lowest BCUT2D eigenvalue weighted by molar-refractivity contribution is -0.142. The van der Waals surface area contributed by atoms with Gasteiger partial charge in [0.25, 0.3) is 0 Å². The predicted molar refractivity (Wildman–Crippen MR) is 151 cm³/mol. The Hall–Kier alpha value is -3.52. The molecule has 2 aromatic rings. The number of hydrogen-bond acceptors (Lipinski definition) is 8. The van der Waals surface area contributed by atoms with Crippen molar-refractivity contribution in [3.63, 3.8) is 0 Å². The molecule has 0 spiro atoms. The maximum atomic E-state index is 13.4. The average Bonchev–Trinajstić information content (AvgIpc) is 3.33. The molecule has 0 aliphatic heterocycles. The number of hydrogen-bond donors (Lipinski definition) is 9. The van der Waals surface area contributed by atoms with Crippen molar-refractivity contribution in [2.75, 3.05) is 13.1 Å². The molecule has 5 unspecified atom stereocenters. The van der Waals surface area contributed by atoms with E-state index in [2.05, 4.69) is 20.9 Å². The molecule has 1 aromatic heterocycles. The lowest BCUT2D eigenvalue weighted by Gasteiger charge is -2.25. The molecule has 2 rings (SSSR count). The van der Waals surface area contributed by atoms with Gasteiger partial charge in [-0.3, -0.25) is 14.4 Å². The number of unbranched alkanes of at least 4 members (excludes halogenated alkanes) is 2. The van der Waals surface area contributed by atoms with E-state index in [9.17, 15) is 29.4 Å². The van der Waals surface area contributed by atoms with Crippen molar-refractivity contribution in [3.8, 4) is 0 Å². The number of nitrogens with one attached hydrogen (secondary N) is 4. The Morgan fingerprint density at radius 1 is 0.850 bits per heavy atom. The van der Waals surface area contributed by atoms with Crippen molar-refractivity contribution < 1.29 is 29.4 Å². The van der Waals surface area contributed by atoms with Crippen LogP contribution >= 0.6 is 0 Å². The largest absolute Gasteiger partial charge is 0.480 e. The highest BCUT2D eigenvalue weighted by Gasteiger charge is 2.31. The molecule has 13 nitrogen and oxygen atoms in total. The van der Waals surface area contributed by atoms with E-state index in [4.69, 9.17) is 17.2 Å². The zero-order valence-corrected chi connectivity index (χ0v) is 22.9. The molecule has 1 heterocycles. The minimum atomic E-state index is -1.25. The van der Waals surface area contributed by atoms with Crippen LogP contribution in [0.5, 0.6) is 0 Å². The number of aliphatic carboxylic acids is 1. The van der Waals surface area contributed by atoms with Gasteiger partial charge in [0.15, 0.2) is 0 Å². The van der Waals surface area contributed by atoms with Gasteiger partial charge >= 0.3 is 5.97 Å². The number of carboxylic acids is 1. The molecule has 0 aliphatic carbocycles. The molecule has 222 valence electrons. The van der Waals surface area contributed by atoms with Crippen molar-refractivity contribution in [2.24, 2.45) is 17.2 Å². The Balaban J connectivity index is 2.30. The molecule has 0 saturated carbocycles. The van der Waals surface area contributed by atoms with Crippen LogP contribution in [-0.2, 0) is 25.6 Å². The second-order valence-electron chi connectivity index (χ2n) is 9.92. The Kier molecular flexibility index (Phi) is 13.5. The van der Waals surface area contributed by atoms with Gasteiger partial charge in [0.1, 0.15) is 24.2 Å². The van der Waals surface area contributed by atoms with Crippen molar-refractivity contribution in [1.29, 1.82) is 0 Å². The monoisotopic (exact) mass is 561 g/mol. The molecule has 1 aromatic carbocycles. The molecule has 3 amide bonds. The zero-order valence-electron chi connectivity index (χ0n) is 22.9. The molecule has 5 atom stereocenters. The lowest BCUT2D eigenvalue weighted by atomic mass is 10.0. The second kappa shape index (κ2) is 16.6. The predicted octanol–water partition coefficient (Wildman–Crippen LogP) is -0.784. The summed E-state index contributed by atoms with van der Waals surface area (Å²) in [5.74, 6) is -3.22. The third kappa shape index (κ3) is 9.90. The maximum absolute atomic E-state index is 13.4. The van der Waals surface area contributed by atoms with Gasteiger partial charge in [0.05, 0.1) is 6.10 Å². The molecule has 0 saturated heterocycles. The van der Waals surface area contributed by atoms with Crippen LogP contribution < -0.4 is 33.2 Å². The van der Waals surface area contributed by atoms with Gasteiger partial charge < -0.3 is 48.3 Å². The van der Waals surface area contributed by atoms with Crippen molar-refractivity contribution in [1.82, 2.24) is 20.9 Å². The first-order valence-corrected chi connectivity index (χ1v) is 13.6. The van der Waals surface area contributed by atoms with Gasteiger partial charge in [-0.15, -0.1) is 0 Å². The number of carbonyl (C=O) groups excluding carboxylic acids is 3. The Bertz CT molecular complexity index is 1120. The maximum Gasteiger partial charge on any atom is 0.326 e. The fourth-order valence-electron chi connectivity index (χ4n) is 4.27. The van der Waals surface area contributed by atoms with Crippen LogP contribution in [0.25, 0.3) is 10.9 Å².